The Morgan fingerprint density at radius 1 is 1.40 bits per heavy atom. The first-order valence-corrected chi connectivity index (χ1v) is 3.40. The number of hydrogen-bond acceptors (Lipinski definition) is 1. The summed E-state index contributed by atoms with van der Waals surface area (Å²) in [5, 5.41) is 0. The second kappa shape index (κ2) is 2.78. The highest BCUT2D eigenvalue weighted by Crippen LogP contribution is 2.04. The van der Waals surface area contributed by atoms with Crippen LogP contribution in [-0.4, -0.2) is 7.28 Å². The lowest BCUT2D eigenvalue weighted by Crippen LogP contribution is -2.15. The Balaban J connectivity index is 3.14. The molecule has 51 valence electrons. The maximum Gasteiger partial charge on any atom is 0.148 e. The second-order valence-corrected chi connectivity index (χ2v) is 2.35. The summed E-state index contributed by atoms with van der Waals surface area (Å²) in [5.41, 5.74) is 8.94. The highest BCUT2D eigenvalue weighted by atomic mass is 14.5. The zero-order valence-corrected chi connectivity index (χ0v) is 6.39. The minimum absolute atomic E-state index is 0.871. The molecule has 2 N–H and O–H groups in total. The van der Waals surface area contributed by atoms with Crippen LogP contribution in [-0.2, 0) is 0 Å². The number of rotatable bonds is 1. The molecule has 0 unspecified atom stereocenters. The van der Waals surface area contributed by atoms with Gasteiger partial charge in [-0.2, -0.15) is 0 Å². The van der Waals surface area contributed by atoms with Crippen molar-refractivity contribution in [3.63, 3.8) is 0 Å². The van der Waals surface area contributed by atoms with Crippen molar-refractivity contribution in [1.29, 1.82) is 0 Å². The topological polar surface area (TPSA) is 26.0 Å². The lowest BCUT2D eigenvalue weighted by molar-refractivity contribution is 1.51. The fraction of sp³-hybridized carbons (Fsp3) is 0.250. The molecule has 2 heteroatoms. The van der Waals surface area contributed by atoms with Crippen molar-refractivity contribution in [2.24, 2.45) is 0 Å². The highest BCUT2D eigenvalue weighted by molar-refractivity contribution is 6.52. The first-order chi connectivity index (χ1) is 4.75. The standard InChI is InChI=1S/C8H11BN/c1-6-7(9-2)4-3-5-8(6)10/h3-5H,10H2,1-2H3. The van der Waals surface area contributed by atoms with Gasteiger partial charge in [-0.15, -0.1) is 0 Å². The van der Waals surface area contributed by atoms with Crippen LogP contribution >= 0.6 is 0 Å². The molecule has 1 radical (unpaired) electrons. The van der Waals surface area contributed by atoms with E-state index in [1.54, 1.807) is 0 Å². The van der Waals surface area contributed by atoms with Crippen molar-refractivity contribution in [3.05, 3.63) is 23.8 Å². The Hall–Kier alpha value is -0.915. The Bertz CT molecular complexity index is 233. The summed E-state index contributed by atoms with van der Waals surface area (Å²) in [4.78, 5) is 0. The van der Waals surface area contributed by atoms with Crippen molar-refractivity contribution in [2.75, 3.05) is 5.73 Å². The van der Waals surface area contributed by atoms with Gasteiger partial charge < -0.3 is 5.73 Å². The van der Waals surface area contributed by atoms with Crippen LogP contribution in [0.1, 0.15) is 5.56 Å². The number of nitrogen functional groups attached to an aromatic ring is 1. The van der Waals surface area contributed by atoms with Crippen LogP contribution in [0.25, 0.3) is 0 Å². The van der Waals surface area contributed by atoms with E-state index in [0.29, 0.717) is 0 Å². The predicted octanol–water partition coefficient (Wildman–Crippen LogP) is 0.955. The number of benzene rings is 1. The summed E-state index contributed by atoms with van der Waals surface area (Å²) < 4.78 is 0. The minimum Gasteiger partial charge on any atom is -0.399 e. The molecule has 0 amide bonds. The van der Waals surface area contributed by atoms with E-state index >= 15 is 0 Å². The Morgan fingerprint density at radius 3 is 2.60 bits per heavy atom. The zero-order chi connectivity index (χ0) is 7.56. The van der Waals surface area contributed by atoms with Gasteiger partial charge in [0.25, 0.3) is 0 Å². The molecule has 0 atom stereocenters. The molecule has 0 saturated carbocycles. The molecule has 0 fully saturated rings. The van der Waals surface area contributed by atoms with Crippen LogP contribution in [0.3, 0.4) is 0 Å². The van der Waals surface area contributed by atoms with Gasteiger partial charge in [0.2, 0.25) is 0 Å². The summed E-state index contributed by atoms with van der Waals surface area (Å²) in [6, 6.07) is 5.95. The van der Waals surface area contributed by atoms with Crippen LogP contribution in [0.5, 0.6) is 0 Å². The van der Waals surface area contributed by atoms with E-state index in [0.717, 1.165) is 5.69 Å². The van der Waals surface area contributed by atoms with E-state index in [9.17, 15) is 0 Å². The Kier molecular flexibility index (Phi) is 2.00. The number of hydrogen-bond donors (Lipinski definition) is 1. The number of anilines is 1. The third kappa shape index (κ3) is 1.15. The Morgan fingerprint density at radius 2 is 2.10 bits per heavy atom. The van der Waals surface area contributed by atoms with E-state index in [2.05, 4.69) is 13.3 Å². The first kappa shape index (κ1) is 7.20. The molecule has 0 aliphatic heterocycles. The van der Waals surface area contributed by atoms with E-state index in [1.807, 2.05) is 25.9 Å². The molecular formula is C8H11BN. The molecule has 1 nitrogen and oxygen atoms in total. The largest absolute Gasteiger partial charge is 0.399 e. The van der Waals surface area contributed by atoms with Gasteiger partial charge in [0, 0.05) is 5.69 Å². The predicted molar refractivity (Wildman–Crippen MR) is 46.8 cm³/mol. The molecule has 0 aliphatic carbocycles. The summed E-state index contributed by atoms with van der Waals surface area (Å²) in [5.74, 6) is 0. The van der Waals surface area contributed by atoms with Gasteiger partial charge in [-0.3, -0.25) is 0 Å². The SMILES string of the molecule is C[B]c1cccc(N)c1C. The molecule has 0 bridgehead atoms. The van der Waals surface area contributed by atoms with E-state index in [4.69, 9.17) is 5.73 Å². The van der Waals surface area contributed by atoms with Crippen molar-refractivity contribution in [2.45, 2.75) is 13.7 Å². The lowest BCUT2D eigenvalue weighted by atomic mass is 9.71. The third-order valence-electron chi connectivity index (χ3n) is 1.73. The van der Waals surface area contributed by atoms with E-state index in [-0.39, 0.29) is 0 Å². The quantitative estimate of drug-likeness (QED) is 0.446. The third-order valence-corrected chi connectivity index (χ3v) is 1.73. The average molecular weight is 132 g/mol. The Labute approximate surface area is 62.5 Å². The molecule has 1 aromatic rings. The molecule has 1 rings (SSSR count). The maximum absolute atomic E-state index is 5.68. The molecule has 0 spiro atoms. The van der Waals surface area contributed by atoms with E-state index < -0.39 is 0 Å². The minimum atomic E-state index is 0.871. The molecule has 10 heavy (non-hydrogen) atoms. The van der Waals surface area contributed by atoms with Crippen molar-refractivity contribution >= 4 is 18.4 Å². The van der Waals surface area contributed by atoms with Gasteiger partial charge in [0.1, 0.15) is 7.28 Å². The molecule has 0 saturated heterocycles. The fourth-order valence-electron chi connectivity index (χ4n) is 0.985. The molecule has 0 aliphatic rings. The van der Waals surface area contributed by atoms with Gasteiger partial charge in [0.05, 0.1) is 0 Å². The average Bonchev–Trinajstić information content (AvgIpc) is 1.95. The van der Waals surface area contributed by atoms with Gasteiger partial charge in [0.15, 0.2) is 0 Å². The molecular weight excluding hydrogens is 121 g/mol. The van der Waals surface area contributed by atoms with E-state index in [1.165, 1.54) is 11.0 Å². The lowest BCUT2D eigenvalue weighted by Gasteiger charge is -2.03. The maximum atomic E-state index is 5.68. The molecule has 0 heterocycles. The van der Waals surface area contributed by atoms with Crippen LogP contribution in [0.2, 0.25) is 6.82 Å². The van der Waals surface area contributed by atoms with Gasteiger partial charge in [-0.05, 0) is 18.6 Å². The van der Waals surface area contributed by atoms with Crippen molar-refractivity contribution in [1.82, 2.24) is 0 Å². The summed E-state index contributed by atoms with van der Waals surface area (Å²) in [7, 11) is 2.06. The first-order valence-electron chi connectivity index (χ1n) is 3.40. The van der Waals surface area contributed by atoms with Crippen molar-refractivity contribution < 1.29 is 0 Å². The summed E-state index contributed by atoms with van der Waals surface area (Å²) in [6.07, 6.45) is 0. The normalized spacial score (nSPS) is 9.40. The van der Waals surface area contributed by atoms with Crippen LogP contribution < -0.4 is 11.2 Å². The smallest absolute Gasteiger partial charge is 0.148 e. The van der Waals surface area contributed by atoms with Crippen molar-refractivity contribution in [3.8, 4) is 0 Å². The molecule has 0 aromatic heterocycles. The zero-order valence-electron chi connectivity index (χ0n) is 6.39. The molecule has 1 aromatic carbocycles. The fourth-order valence-corrected chi connectivity index (χ4v) is 0.985. The van der Waals surface area contributed by atoms with Crippen LogP contribution in [0.15, 0.2) is 18.2 Å². The highest BCUT2D eigenvalue weighted by Gasteiger charge is 1.97. The number of nitrogens with two attached hydrogens (primary N) is 1. The van der Waals surface area contributed by atoms with Crippen LogP contribution in [0, 0.1) is 6.92 Å². The monoisotopic (exact) mass is 132 g/mol. The van der Waals surface area contributed by atoms with Gasteiger partial charge in [-0.1, -0.05) is 24.4 Å². The summed E-state index contributed by atoms with van der Waals surface area (Å²) in [6.45, 7) is 4.05. The summed E-state index contributed by atoms with van der Waals surface area (Å²) >= 11 is 0. The van der Waals surface area contributed by atoms with Crippen LogP contribution in [0.4, 0.5) is 5.69 Å². The second-order valence-electron chi connectivity index (χ2n) is 2.35. The van der Waals surface area contributed by atoms with Gasteiger partial charge in [-0.25, -0.2) is 0 Å². The van der Waals surface area contributed by atoms with Gasteiger partial charge >= 0.3 is 0 Å².